The fraction of sp³-hybridized carbons (Fsp3) is 0.304. The maximum Gasteiger partial charge on any atom is 0.251 e. The number of benzene rings is 2. The Kier molecular flexibility index (Phi) is 7.25. The number of rotatable bonds is 9. The van der Waals surface area contributed by atoms with E-state index in [4.69, 9.17) is 0 Å². The fourth-order valence-electron chi connectivity index (χ4n) is 3.37. The molecule has 0 aliphatic heterocycles. The molecule has 0 fully saturated rings. The average molecular weight is 441 g/mol. The molecule has 0 aliphatic carbocycles. The maximum absolute atomic E-state index is 12.6. The Bertz CT molecular complexity index is 1140. The Morgan fingerprint density at radius 1 is 1.00 bits per heavy atom. The summed E-state index contributed by atoms with van der Waals surface area (Å²) in [4.78, 5) is 12.6. The molecule has 1 heterocycles. The van der Waals surface area contributed by atoms with E-state index in [1.54, 1.807) is 12.1 Å². The van der Waals surface area contributed by atoms with Crippen LogP contribution in [0.15, 0.2) is 54.6 Å². The van der Waals surface area contributed by atoms with Crippen molar-refractivity contribution in [2.45, 2.75) is 33.4 Å². The molecule has 0 atom stereocenters. The molecular formula is C23H28N4O3S. The minimum absolute atomic E-state index is 0.157. The molecule has 0 saturated carbocycles. The van der Waals surface area contributed by atoms with Crippen LogP contribution in [0.1, 0.15) is 38.4 Å². The summed E-state index contributed by atoms with van der Waals surface area (Å²) in [6, 6.07) is 17.3. The third-order valence-electron chi connectivity index (χ3n) is 5.13. The minimum Gasteiger partial charge on any atom is -0.348 e. The second-order valence-corrected chi connectivity index (χ2v) is 9.42. The molecule has 7 nitrogen and oxygen atoms in total. The van der Waals surface area contributed by atoms with Gasteiger partial charge in [-0.05, 0) is 43.5 Å². The van der Waals surface area contributed by atoms with Crippen LogP contribution in [0, 0.1) is 13.8 Å². The van der Waals surface area contributed by atoms with Gasteiger partial charge in [-0.1, -0.05) is 42.5 Å². The Balaban J connectivity index is 1.58. The molecule has 1 amide bonds. The Morgan fingerprint density at radius 2 is 1.68 bits per heavy atom. The van der Waals surface area contributed by atoms with Crippen molar-refractivity contribution in [2.75, 3.05) is 12.8 Å². The van der Waals surface area contributed by atoms with Gasteiger partial charge in [0.1, 0.15) is 0 Å². The molecule has 3 aromatic rings. The first kappa shape index (κ1) is 22.7. The Labute approximate surface area is 183 Å². The molecule has 0 unspecified atom stereocenters. The van der Waals surface area contributed by atoms with Crippen LogP contribution in [0.3, 0.4) is 0 Å². The summed E-state index contributed by atoms with van der Waals surface area (Å²) < 4.78 is 26.7. The maximum atomic E-state index is 12.6. The SMILES string of the molecule is Cc1nn(Cc2ccccc2)c(C)c1CNC(=O)c1ccc(CCNS(C)(=O)=O)cc1. The number of aromatic nitrogens is 2. The Hall–Kier alpha value is -2.97. The summed E-state index contributed by atoms with van der Waals surface area (Å²) in [7, 11) is -3.19. The molecule has 0 radical (unpaired) electrons. The number of aryl methyl sites for hydroxylation is 1. The third kappa shape index (κ3) is 6.50. The quantitative estimate of drug-likeness (QED) is 0.535. The molecule has 31 heavy (non-hydrogen) atoms. The molecule has 2 aromatic carbocycles. The number of carbonyl (C=O) groups is 1. The first-order chi connectivity index (χ1) is 14.7. The minimum atomic E-state index is -3.19. The van der Waals surface area contributed by atoms with Gasteiger partial charge in [-0.2, -0.15) is 5.10 Å². The highest BCUT2D eigenvalue weighted by molar-refractivity contribution is 7.88. The van der Waals surface area contributed by atoms with Crippen molar-refractivity contribution in [3.63, 3.8) is 0 Å². The van der Waals surface area contributed by atoms with Gasteiger partial charge in [0.05, 0.1) is 18.5 Å². The summed E-state index contributed by atoms with van der Waals surface area (Å²) in [6.45, 7) is 5.40. The van der Waals surface area contributed by atoms with Crippen LogP contribution >= 0.6 is 0 Å². The van der Waals surface area contributed by atoms with E-state index in [0.29, 0.717) is 31.6 Å². The van der Waals surface area contributed by atoms with Crippen LogP contribution in [0.2, 0.25) is 0 Å². The predicted octanol–water partition coefficient (Wildman–Crippen LogP) is 2.57. The summed E-state index contributed by atoms with van der Waals surface area (Å²) in [5, 5.41) is 7.60. The Morgan fingerprint density at radius 3 is 2.32 bits per heavy atom. The van der Waals surface area contributed by atoms with E-state index in [1.807, 2.05) is 48.9 Å². The highest BCUT2D eigenvalue weighted by atomic mass is 32.2. The lowest BCUT2D eigenvalue weighted by atomic mass is 10.1. The van der Waals surface area contributed by atoms with Gasteiger partial charge >= 0.3 is 0 Å². The van der Waals surface area contributed by atoms with Gasteiger partial charge in [0.25, 0.3) is 5.91 Å². The van der Waals surface area contributed by atoms with E-state index >= 15 is 0 Å². The number of sulfonamides is 1. The number of hydrogen-bond acceptors (Lipinski definition) is 4. The van der Waals surface area contributed by atoms with Gasteiger partial charge in [-0.3, -0.25) is 9.48 Å². The lowest BCUT2D eigenvalue weighted by Gasteiger charge is -2.08. The number of nitrogens with one attached hydrogen (secondary N) is 2. The lowest BCUT2D eigenvalue weighted by molar-refractivity contribution is 0.0951. The molecule has 2 N–H and O–H groups in total. The number of hydrogen-bond donors (Lipinski definition) is 2. The highest BCUT2D eigenvalue weighted by Crippen LogP contribution is 2.15. The first-order valence-electron chi connectivity index (χ1n) is 10.1. The van der Waals surface area contributed by atoms with Crippen molar-refractivity contribution < 1.29 is 13.2 Å². The van der Waals surface area contributed by atoms with Crippen molar-refractivity contribution in [1.82, 2.24) is 19.8 Å². The van der Waals surface area contributed by atoms with Crippen LogP contribution in [0.4, 0.5) is 0 Å². The summed E-state index contributed by atoms with van der Waals surface area (Å²) in [5.41, 5.74) is 5.66. The van der Waals surface area contributed by atoms with Crippen LogP contribution in [-0.2, 0) is 29.5 Å². The van der Waals surface area contributed by atoms with Gasteiger partial charge in [0.15, 0.2) is 0 Å². The normalized spacial score (nSPS) is 11.5. The van der Waals surface area contributed by atoms with E-state index in [9.17, 15) is 13.2 Å². The number of carbonyl (C=O) groups excluding carboxylic acids is 1. The third-order valence-corrected chi connectivity index (χ3v) is 5.85. The van der Waals surface area contributed by atoms with E-state index in [0.717, 1.165) is 28.8 Å². The zero-order valence-corrected chi connectivity index (χ0v) is 18.9. The summed E-state index contributed by atoms with van der Waals surface area (Å²) >= 11 is 0. The van der Waals surface area contributed by atoms with Gasteiger partial charge in [-0.15, -0.1) is 0 Å². The average Bonchev–Trinajstić information content (AvgIpc) is 2.99. The molecule has 0 saturated heterocycles. The lowest BCUT2D eigenvalue weighted by Crippen LogP contribution is -2.24. The molecular weight excluding hydrogens is 412 g/mol. The largest absolute Gasteiger partial charge is 0.348 e. The van der Waals surface area contributed by atoms with E-state index in [-0.39, 0.29) is 5.91 Å². The highest BCUT2D eigenvalue weighted by Gasteiger charge is 2.13. The molecule has 3 rings (SSSR count). The number of amides is 1. The zero-order chi connectivity index (χ0) is 22.4. The zero-order valence-electron chi connectivity index (χ0n) is 18.1. The van der Waals surface area contributed by atoms with Crippen molar-refractivity contribution >= 4 is 15.9 Å². The molecule has 0 aliphatic rings. The van der Waals surface area contributed by atoms with Gasteiger partial charge < -0.3 is 5.32 Å². The van der Waals surface area contributed by atoms with Crippen molar-refractivity contribution in [1.29, 1.82) is 0 Å². The van der Waals surface area contributed by atoms with E-state index in [2.05, 4.69) is 27.3 Å². The van der Waals surface area contributed by atoms with E-state index in [1.165, 1.54) is 5.56 Å². The van der Waals surface area contributed by atoms with Crippen LogP contribution in [0.5, 0.6) is 0 Å². The fourth-order valence-corrected chi connectivity index (χ4v) is 3.85. The molecule has 164 valence electrons. The monoisotopic (exact) mass is 440 g/mol. The van der Waals surface area contributed by atoms with Crippen LogP contribution < -0.4 is 10.0 Å². The van der Waals surface area contributed by atoms with Crippen LogP contribution in [0.25, 0.3) is 0 Å². The predicted molar refractivity (Wildman–Crippen MR) is 121 cm³/mol. The molecule has 0 spiro atoms. The van der Waals surface area contributed by atoms with Crippen molar-refractivity contribution in [3.8, 4) is 0 Å². The summed E-state index contributed by atoms with van der Waals surface area (Å²) in [5.74, 6) is -0.157. The molecule has 8 heteroatoms. The smallest absolute Gasteiger partial charge is 0.251 e. The van der Waals surface area contributed by atoms with Gasteiger partial charge in [-0.25, -0.2) is 13.1 Å². The number of nitrogens with zero attached hydrogens (tertiary/aromatic N) is 2. The molecule has 1 aromatic heterocycles. The second-order valence-electron chi connectivity index (χ2n) is 7.59. The van der Waals surface area contributed by atoms with Crippen molar-refractivity contribution in [2.24, 2.45) is 0 Å². The first-order valence-corrected chi connectivity index (χ1v) is 12.0. The topological polar surface area (TPSA) is 93.1 Å². The standard InChI is InChI=1S/C23H28N4O3S/c1-17-22(18(2)27(26-17)16-20-7-5-4-6-8-20)15-24-23(28)21-11-9-19(10-12-21)13-14-25-31(3,29)30/h4-12,25H,13-16H2,1-3H3,(H,24,28). The summed E-state index contributed by atoms with van der Waals surface area (Å²) in [6.07, 6.45) is 1.70. The molecule has 0 bridgehead atoms. The van der Waals surface area contributed by atoms with Crippen molar-refractivity contribution in [3.05, 3.63) is 88.2 Å². The van der Waals surface area contributed by atoms with Gasteiger partial charge in [0.2, 0.25) is 10.0 Å². The van der Waals surface area contributed by atoms with Crippen LogP contribution in [-0.4, -0.2) is 36.9 Å². The van der Waals surface area contributed by atoms with E-state index < -0.39 is 10.0 Å². The van der Waals surface area contributed by atoms with Gasteiger partial charge in [0, 0.05) is 29.9 Å². The second kappa shape index (κ2) is 9.89.